The Morgan fingerprint density at radius 3 is 2.61 bits per heavy atom. The van der Waals surface area contributed by atoms with Crippen LogP contribution in [0.15, 0.2) is 35.7 Å². The van der Waals surface area contributed by atoms with Crippen molar-refractivity contribution in [1.29, 1.82) is 0 Å². The van der Waals surface area contributed by atoms with Crippen LogP contribution in [0.4, 0.5) is 4.79 Å². The molecule has 0 radical (unpaired) electrons. The molecule has 8 nitrogen and oxygen atoms in total. The topological polar surface area (TPSA) is 106 Å². The molecule has 0 fully saturated rings. The van der Waals surface area contributed by atoms with Gasteiger partial charge in [-0.15, -0.1) is 0 Å². The van der Waals surface area contributed by atoms with Gasteiger partial charge in [-0.25, -0.2) is 10.2 Å². The van der Waals surface area contributed by atoms with E-state index in [-0.39, 0.29) is 5.91 Å². The summed E-state index contributed by atoms with van der Waals surface area (Å²) in [6.07, 6.45) is 7.16. The number of unbranched alkanes of at least 4 members (excludes halogenated alkanes) is 2. The lowest BCUT2D eigenvalue weighted by atomic mass is 10.2. The Labute approximate surface area is 164 Å². The van der Waals surface area contributed by atoms with Gasteiger partial charge in [-0.1, -0.05) is 12.5 Å². The number of hydrazone groups is 1. The maximum atomic E-state index is 11.8. The van der Waals surface area contributed by atoms with Gasteiger partial charge < -0.3 is 10.1 Å². The predicted octanol–water partition coefficient (Wildman–Crippen LogP) is 3.17. The van der Waals surface area contributed by atoms with E-state index >= 15 is 0 Å². The number of carbonyl (C=O) groups is 2. The molecule has 2 amide bonds. The highest BCUT2D eigenvalue weighted by Gasteiger charge is 2.15. The average molecular weight is 385 g/mol. The average Bonchev–Trinajstić information content (AvgIpc) is 2.63. The van der Waals surface area contributed by atoms with Crippen LogP contribution >= 0.6 is 0 Å². The lowest BCUT2D eigenvalue weighted by molar-refractivity contribution is -0.121. The van der Waals surface area contributed by atoms with Crippen LogP contribution in [0, 0.1) is 0 Å². The monoisotopic (exact) mass is 385 g/mol. The van der Waals surface area contributed by atoms with Crippen LogP contribution < -0.4 is 10.7 Å². The molecule has 0 spiro atoms. The number of nitrogens with zero attached hydrogens (tertiary/aromatic N) is 3. The van der Waals surface area contributed by atoms with E-state index in [1.165, 1.54) is 0 Å². The highest BCUT2D eigenvalue weighted by atomic mass is 16.6. The van der Waals surface area contributed by atoms with Gasteiger partial charge in [0.15, 0.2) is 0 Å². The Morgan fingerprint density at radius 1 is 1.11 bits per heavy atom. The van der Waals surface area contributed by atoms with Crippen molar-refractivity contribution in [3.8, 4) is 0 Å². The van der Waals surface area contributed by atoms with E-state index in [0.717, 1.165) is 35.9 Å². The Balaban J connectivity index is 1.59. The van der Waals surface area contributed by atoms with Crippen molar-refractivity contribution in [2.75, 3.05) is 6.54 Å². The molecule has 150 valence electrons. The van der Waals surface area contributed by atoms with E-state index in [2.05, 4.69) is 25.8 Å². The van der Waals surface area contributed by atoms with Gasteiger partial charge in [-0.2, -0.15) is 5.10 Å². The number of benzene rings is 1. The molecule has 0 saturated heterocycles. The van der Waals surface area contributed by atoms with Crippen molar-refractivity contribution < 1.29 is 14.3 Å². The van der Waals surface area contributed by atoms with Crippen molar-refractivity contribution in [3.05, 3.63) is 36.2 Å². The smallest absolute Gasteiger partial charge is 0.407 e. The lowest BCUT2D eigenvalue weighted by Crippen LogP contribution is -2.33. The summed E-state index contributed by atoms with van der Waals surface area (Å²) in [5, 5.41) is 6.67. The van der Waals surface area contributed by atoms with Crippen molar-refractivity contribution in [3.63, 3.8) is 0 Å². The Kier molecular flexibility index (Phi) is 7.86. The molecular weight excluding hydrogens is 358 g/mol. The minimum absolute atomic E-state index is 0.142. The van der Waals surface area contributed by atoms with E-state index in [1.807, 2.05) is 39.0 Å². The number of ether oxygens (including phenoxy) is 1. The van der Waals surface area contributed by atoms with Gasteiger partial charge in [0, 0.05) is 25.4 Å². The highest BCUT2D eigenvalue weighted by molar-refractivity contribution is 5.87. The largest absolute Gasteiger partial charge is 0.444 e. The minimum atomic E-state index is -0.497. The van der Waals surface area contributed by atoms with Crippen molar-refractivity contribution in [2.24, 2.45) is 5.10 Å². The standard InChI is InChI=1S/C20H27N5O3/c1-20(2,3)28-19(27)23-10-6-4-5-7-18(26)25-24-14-15-8-9-16-17(13-15)22-12-11-21-16/h8-9,11-14H,4-7,10H2,1-3H3,(H,23,27)(H,25,26)/b24-14+. The van der Waals surface area contributed by atoms with Gasteiger partial charge in [0.25, 0.3) is 0 Å². The van der Waals surface area contributed by atoms with Crippen LogP contribution in [0.2, 0.25) is 0 Å². The van der Waals surface area contributed by atoms with Crippen LogP contribution in [0.25, 0.3) is 11.0 Å². The molecule has 1 aromatic carbocycles. The van der Waals surface area contributed by atoms with E-state index in [1.54, 1.807) is 18.6 Å². The summed E-state index contributed by atoms with van der Waals surface area (Å²) >= 11 is 0. The molecule has 2 N–H and O–H groups in total. The number of nitrogens with one attached hydrogen (secondary N) is 2. The van der Waals surface area contributed by atoms with Gasteiger partial charge >= 0.3 is 6.09 Å². The summed E-state index contributed by atoms with van der Waals surface area (Å²) in [4.78, 5) is 31.7. The fraction of sp³-hybridized carbons (Fsp3) is 0.450. The summed E-state index contributed by atoms with van der Waals surface area (Å²) in [5.41, 5.74) is 4.44. The van der Waals surface area contributed by atoms with Gasteiger partial charge in [0.05, 0.1) is 17.2 Å². The number of hydrogen-bond acceptors (Lipinski definition) is 6. The second-order valence-corrected chi connectivity index (χ2v) is 7.34. The summed E-state index contributed by atoms with van der Waals surface area (Å²) in [6.45, 7) is 5.99. The first kappa shape index (κ1) is 21.3. The van der Waals surface area contributed by atoms with Crippen LogP contribution in [0.5, 0.6) is 0 Å². The molecule has 0 aliphatic carbocycles. The van der Waals surface area contributed by atoms with E-state index in [9.17, 15) is 9.59 Å². The number of aromatic nitrogens is 2. The number of amides is 2. The number of alkyl carbamates (subject to hydrolysis) is 1. The summed E-state index contributed by atoms with van der Waals surface area (Å²) in [5.74, 6) is -0.142. The third-order valence-electron chi connectivity index (χ3n) is 3.65. The second kappa shape index (κ2) is 10.3. The molecule has 1 aromatic heterocycles. The molecule has 0 unspecified atom stereocenters. The molecule has 0 aliphatic rings. The maximum Gasteiger partial charge on any atom is 0.407 e. The van der Waals surface area contributed by atoms with E-state index < -0.39 is 11.7 Å². The maximum absolute atomic E-state index is 11.8. The number of carbonyl (C=O) groups excluding carboxylic acids is 2. The zero-order chi connectivity index (χ0) is 20.4. The molecule has 8 heteroatoms. The molecule has 0 aliphatic heterocycles. The highest BCUT2D eigenvalue weighted by Crippen LogP contribution is 2.09. The fourth-order valence-corrected chi connectivity index (χ4v) is 2.39. The van der Waals surface area contributed by atoms with Gasteiger partial charge in [0.1, 0.15) is 5.60 Å². The third kappa shape index (κ3) is 8.11. The van der Waals surface area contributed by atoms with Gasteiger partial charge in [0.2, 0.25) is 5.91 Å². The number of hydrogen-bond donors (Lipinski definition) is 2. The Hall–Kier alpha value is -3.03. The number of fused-ring (bicyclic) bond motifs is 1. The SMILES string of the molecule is CC(C)(C)OC(=O)NCCCCCC(=O)N/N=C/c1ccc2nccnc2c1. The summed E-state index contributed by atoms with van der Waals surface area (Å²) in [6, 6.07) is 5.58. The molecule has 1 heterocycles. The Morgan fingerprint density at radius 2 is 1.86 bits per heavy atom. The first-order valence-corrected chi connectivity index (χ1v) is 9.33. The molecule has 0 atom stereocenters. The predicted molar refractivity (Wildman–Crippen MR) is 108 cm³/mol. The Bertz CT molecular complexity index is 830. The van der Waals surface area contributed by atoms with Crippen LogP contribution in [-0.4, -0.2) is 40.3 Å². The fourth-order valence-electron chi connectivity index (χ4n) is 2.39. The molecule has 2 rings (SSSR count). The first-order chi connectivity index (χ1) is 13.3. The van der Waals surface area contributed by atoms with Crippen molar-refractivity contribution >= 4 is 29.2 Å². The van der Waals surface area contributed by atoms with Crippen LogP contribution in [-0.2, 0) is 9.53 Å². The lowest BCUT2D eigenvalue weighted by Gasteiger charge is -2.19. The summed E-state index contributed by atoms with van der Waals surface area (Å²) in [7, 11) is 0. The molecule has 2 aromatic rings. The third-order valence-corrected chi connectivity index (χ3v) is 3.65. The molecule has 0 bridgehead atoms. The zero-order valence-electron chi connectivity index (χ0n) is 16.6. The van der Waals surface area contributed by atoms with Crippen LogP contribution in [0.1, 0.15) is 52.0 Å². The first-order valence-electron chi connectivity index (χ1n) is 9.33. The van der Waals surface area contributed by atoms with E-state index in [0.29, 0.717) is 13.0 Å². The quantitative estimate of drug-likeness (QED) is 0.412. The second-order valence-electron chi connectivity index (χ2n) is 7.34. The van der Waals surface area contributed by atoms with Crippen molar-refractivity contribution in [2.45, 2.75) is 52.1 Å². The number of rotatable bonds is 8. The zero-order valence-corrected chi connectivity index (χ0v) is 16.6. The van der Waals surface area contributed by atoms with Gasteiger partial charge in [-0.3, -0.25) is 14.8 Å². The summed E-state index contributed by atoms with van der Waals surface area (Å²) < 4.78 is 5.15. The van der Waals surface area contributed by atoms with Gasteiger partial charge in [-0.05, 0) is 51.3 Å². The van der Waals surface area contributed by atoms with Crippen molar-refractivity contribution in [1.82, 2.24) is 20.7 Å². The van der Waals surface area contributed by atoms with Crippen LogP contribution in [0.3, 0.4) is 0 Å². The normalized spacial score (nSPS) is 11.5. The molecule has 28 heavy (non-hydrogen) atoms. The molecular formula is C20H27N5O3. The minimum Gasteiger partial charge on any atom is -0.444 e. The molecule has 0 saturated carbocycles. The van der Waals surface area contributed by atoms with E-state index in [4.69, 9.17) is 4.74 Å².